The van der Waals surface area contributed by atoms with Crippen LogP contribution in [0.4, 0.5) is 11.4 Å². The lowest BCUT2D eigenvalue weighted by Gasteiger charge is -2.34. The van der Waals surface area contributed by atoms with Crippen molar-refractivity contribution in [1.82, 2.24) is 5.16 Å². The van der Waals surface area contributed by atoms with Crippen LogP contribution in [0.2, 0.25) is 0 Å². The third-order valence-corrected chi connectivity index (χ3v) is 6.13. The molecular formula is C24H25N3O4. The summed E-state index contributed by atoms with van der Waals surface area (Å²) in [4.78, 5) is 27.9. The van der Waals surface area contributed by atoms with Crippen LogP contribution in [0.3, 0.4) is 0 Å². The number of piperidine rings is 1. The Kier molecular flexibility index (Phi) is 4.88. The van der Waals surface area contributed by atoms with Gasteiger partial charge in [0.2, 0.25) is 0 Å². The van der Waals surface area contributed by atoms with Crippen molar-refractivity contribution in [3.05, 3.63) is 41.5 Å². The van der Waals surface area contributed by atoms with E-state index in [1.807, 2.05) is 44.2 Å². The minimum absolute atomic E-state index is 0.0261. The predicted molar refractivity (Wildman–Crippen MR) is 119 cm³/mol. The second-order valence-electron chi connectivity index (χ2n) is 8.00. The van der Waals surface area contributed by atoms with Crippen LogP contribution in [0.25, 0.3) is 22.2 Å². The molecule has 160 valence electrons. The highest BCUT2D eigenvalue weighted by Gasteiger charge is 2.35. The topological polar surface area (TPSA) is 84.7 Å². The molecule has 0 saturated carbocycles. The van der Waals surface area contributed by atoms with Gasteiger partial charge in [-0.05, 0) is 32.8 Å². The first-order valence-corrected chi connectivity index (χ1v) is 10.9. The molecule has 0 bridgehead atoms. The van der Waals surface area contributed by atoms with Crippen LogP contribution < -0.4 is 10.2 Å². The van der Waals surface area contributed by atoms with E-state index >= 15 is 0 Å². The zero-order valence-corrected chi connectivity index (χ0v) is 17.7. The number of carbonyl (C=O) groups excluding carboxylic acids is 2. The van der Waals surface area contributed by atoms with Crippen molar-refractivity contribution in [3.63, 3.8) is 0 Å². The number of ether oxygens (including phenoxy) is 1. The maximum atomic E-state index is 13.4. The molecule has 1 aliphatic heterocycles. The van der Waals surface area contributed by atoms with Gasteiger partial charge in [0.25, 0.3) is 0 Å². The van der Waals surface area contributed by atoms with Gasteiger partial charge in [-0.25, -0.2) is 0 Å². The first kappa shape index (κ1) is 19.6. The van der Waals surface area contributed by atoms with Crippen LogP contribution in [-0.4, -0.2) is 43.2 Å². The van der Waals surface area contributed by atoms with Gasteiger partial charge in [-0.3, -0.25) is 9.59 Å². The number of anilines is 2. The summed E-state index contributed by atoms with van der Waals surface area (Å²) < 4.78 is 11.1. The van der Waals surface area contributed by atoms with E-state index in [0.717, 1.165) is 41.7 Å². The SMILES string of the molecule is CCNc1cc(N2CCCC(C(=O)OCC)C2)c2noc3c2c1C(=O)c1ccccc1-3. The third-order valence-electron chi connectivity index (χ3n) is 6.13. The van der Waals surface area contributed by atoms with Gasteiger partial charge in [-0.2, -0.15) is 0 Å². The highest BCUT2D eigenvalue weighted by Crippen LogP contribution is 2.46. The molecule has 0 amide bonds. The zero-order chi connectivity index (χ0) is 21.5. The number of aromatic nitrogens is 1. The molecule has 3 aromatic rings. The first-order chi connectivity index (χ1) is 15.1. The van der Waals surface area contributed by atoms with Gasteiger partial charge in [0.15, 0.2) is 11.5 Å². The molecule has 1 fully saturated rings. The summed E-state index contributed by atoms with van der Waals surface area (Å²) in [5.41, 5.74) is 4.32. The van der Waals surface area contributed by atoms with Crippen LogP contribution >= 0.6 is 0 Å². The molecule has 2 aliphatic rings. The molecule has 5 rings (SSSR count). The summed E-state index contributed by atoms with van der Waals surface area (Å²) in [5.74, 6) is 0.271. The molecule has 1 unspecified atom stereocenters. The molecule has 0 spiro atoms. The van der Waals surface area contributed by atoms with Gasteiger partial charge in [0.05, 0.1) is 29.2 Å². The number of esters is 1. The Bertz CT molecular complexity index is 1180. The zero-order valence-electron chi connectivity index (χ0n) is 17.7. The van der Waals surface area contributed by atoms with Crippen molar-refractivity contribution in [2.24, 2.45) is 5.92 Å². The highest BCUT2D eigenvalue weighted by atomic mass is 16.5. The molecule has 1 aliphatic carbocycles. The first-order valence-electron chi connectivity index (χ1n) is 10.9. The average Bonchev–Trinajstić information content (AvgIpc) is 3.23. The molecule has 1 saturated heterocycles. The Morgan fingerprint density at radius 1 is 1.29 bits per heavy atom. The Labute approximate surface area is 180 Å². The van der Waals surface area contributed by atoms with Crippen molar-refractivity contribution >= 4 is 34.0 Å². The van der Waals surface area contributed by atoms with Crippen LogP contribution in [0, 0.1) is 5.92 Å². The van der Waals surface area contributed by atoms with Crippen LogP contribution in [-0.2, 0) is 9.53 Å². The summed E-state index contributed by atoms with van der Waals surface area (Å²) in [6, 6.07) is 9.46. The highest BCUT2D eigenvalue weighted by molar-refractivity contribution is 6.28. The molecule has 0 radical (unpaired) electrons. The number of fused-ring (bicyclic) bond motifs is 2. The van der Waals surface area contributed by atoms with Crippen molar-refractivity contribution in [2.75, 3.05) is 36.5 Å². The van der Waals surface area contributed by atoms with Crippen LogP contribution in [0.5, 0.6) is 0 Å². The molecule has 1 aromatic heterocycles. The summed E-state index contributed by atoms with van der Waals surface area (Å²) in [7, 11) is 0. The van der Waals surface area contributed by atoms with Crippen molar-refractivity contribution in [1.29, 1.82) is 0 Å². The number of nitrogens with zero attached hydrogens (tertiary/aromatic N) is 2. The van der Waals surface area contributed by atoms with Gasteiger partial charge < -0.3 is 19.5 Å². The molecule has 7 nitrogen and oxygen atoms in total. The fourth-order valence-corrected chi connectivity index (χ4v) is 4.76. The van der Waals surface area contributed by atoms with E-state index in [2.05, 4.69) is 15.4 Å². The van der Waals surface area contributed by atoms with Crippen molar-refractivity contribution in [3.8, 4) is 11.3 Å². The number of ketones is 1. The number of benzene rings is 2. The smallest absolute Gasteiger partial charge is 0.310 e. The lowest BCUT2D eigenvalue weighted by atomic mass is 9.86. The number of nitrogens with one attached hydrogen (secondary N) is 1. The number of hydrogen-bond donors (Lipinski definition) is 1. The normalized spacial score (nSPS) is 17.5. The standard InChI is InChI=1S/C24H25N3O4/c1-3-25-17-12-18(27-11-7-8-14(13-27)24(29)30-4-2)21-20-19(17)22(28)15-9-5-6-10-16(15)23(20)31-26-21/h5-6,9-10,12,14,25H,3-4,7-8,11,13H2,1-2H3. The Morgan fingerprint density at radius 2 is 2.10 bits per heavy atom. The summed E-state index contributed by atoms with van der Waals surface area (Å²) in [6.07, 6.45) is 1.70. The van der Waals surface area contributed by atoms with Crippen LogP contribution in [0.15, 0.2) is 34.9 Å². The molecular weight excluding hydrogens is 394 g/mol. The third kappa shape index (κ3) is 3.07. The van der Waals surface area contributed by atoms with E-state index in [1.165, 1.54) is 0 Å². The fourth-order valence-electron chi connectivity index (χ4n) is 4.76. The summed E-state index contributed by atoms with van der Waals surface area (Å²) in [5, 5.41) is 8.50. The quantitative estimate of drug-likeness (QED) is 0.484. The van der Waals surface area contributed by atoms with Crippen molar-refractivity contribution < 1.29 is 18.8 Å². The fraction of sp³-hybridized carbons (Fsp3) is 0.375. The minimum atomic E-state index is -0.173. The van der Waals surface area contributed by atoms with E-state index < -0.39 is 0 Å². The molecule has 2 heterocycles. The van der Waals surface area contributed by atoms with Gasteiger partial charge in [-0.1, -0.05) is 29.4 Å². The number of hydrogen-bond acceptors (Lipinski definition) is 7. The van der Waals surface area contributed by atoms with Gasteiger partial charge in [0.1, 0.15) is 5.52 Å². The Morgan fingerprint density at radius 3 is 2.87 bits per heavy atom. The number of carbonyl (C=O) groups is 2. The Hall–Kier alpha value is -3.35. The predicted octanol–water partition coefficient (Wildman–Crippen LogP) is 4.25. The molecule has 1 N–H and O–H groups in total. The number of rotatable bonds is 5. The second kappa shape index (κ2) is 7.72. The van der Waals surface area contributed by atoms with E-state index in [1.54, 1.807) is 0 Å². The summed E-state index contributed by atoms with van der Waals surface area (Å²) in [6.45, 7) is 6.26. The lowest BCUT2D eigenvalue weighted by molar-refractivity contribution is -0.148. The molecule has 2 aromatic carbocycles. The maximum absolute atomic E-state index is 13.4. The maximum Gasteiger partial charge on any atom is 0.310 e. The Balaban J connectivity index is 1.66. The van der Waals surface area contributed by atoms with Gasteiger partial charge in [0, 0.05) is 36.4 Å². The van der Waals surface area contributed by atoms with Gasteiger partial charge >= 0.3 is 5.97 Å². The monoisotopic (exact) mass is 419 g/mol. The summed E-state index contributed by atoms with van der Waals surface area (Å²) >= 11 is 0. The average molecular weight is 419 g/mol. The largest absolute Gasteiger partial charge is 0.466 e. The van der Waals surface area contributed by atoms with E-state index in [4.69, 9.17) is 9.26 Å². The van der Waals surface area contributed by atoms with E-state index in [9.17, 15) is 9.59 Å². The van der Waals surface area contributed by atoms with Crippen LogP contribution in [0.1, 0.15) is 42.6 Å². The van der Waals surface area contributed by atoms with Gasteiger partial charge in [-0.15, -0.1) is 0 Å². The van der Waals surface area contributed by atoms with E-state index in [-0.39, 0.29) is 17.7 Å². The molecule has 1 atom stereocenters. The molecule has 31 heavy (non-hydrogen) atoms. The van der Waals surface area contributed by atoms with Crippen molar-refractivity contribution in [2.45, 2.75) is 26.7 Å². The lowest BCUT2D eigenvalue weighted by Crippen LogP contribution is -2.39. The molecule has 7 heteroatoms. The van der Waals surface area contributed by atoms with E-state index in [0.29, 0.717) is 42.1 Å². The minimum Gasteiger partial charge on any atom is -0.466 e. The second-order valence-corrected chi connectivity index (χ2v) is 8.00.